The van der Waals surface area contributed by atoms with Crippen LogP contribution in [-0.4, -0.2) is 53.5 Å². The third-order valence-corrected chi connectivity index (χ3v) is 388. The van der Waals surface area contributed by atoms with Crippen molar-refractivity contribution in [3.63, 3.8) is 0 Å². The van der Waals surface area contributed by atoms with Gasteiger partial charge in [-0.15, -0.1) is 0 Å². The van der Waals surface area contributed by atoms with Gasteiger partial charge in [0.1, 0.15) is 11.5 Å². The second-order valence-electron chi connectivity index (χ2n) is 23.1. The molecule has 12 aliphatic rings. The highest BCUT2D eigenvalue weighted by Gasteiger charge is 3.45. The maximum absolute atomic E-state index is 9.22. The van der Waals surface area contributed by atoms with Gasteiger partial charge in [0, 0.05) is 0 Å². The van der Waals surface area contributed by atoms with Gasteiger partial charge >= 0.3 is 0 Å². The lowest BCUT2D eigenvalue weighted by molar-refractivity contribution is 0.453. The predicted octanol–water partition coefficient (Wildman–Crippen LogP) is 13.7. The Kier molecular flexibility index (Phi) is 9.00. The van der Waals surface area contributed by atoms with Crippen molar-refractivity contribution in [3.8, 4) is 11.5 Å². The second kappa shape index (κ2) is 13.6. The summed E-state index contributed by atoms with van der Waals surface area (Å²) in [6, 6.07) is 24.8. The highest BCUT2D eigenvalue weighted by molar-refractivity contribution is 8.92. The zero-order valence-corrected chi connectivity index (χ0v) is 44.3. The summed E-state index contributed by atoms with van der Waals surface area (Å²) in [6.45, 7) is -13.9. The van der Waals surface area contributed by atoms with E-state index in [0.717, 1.165) is 0 Å². The topological polar surface area (TPSA) is 18.5 Å². The zero-order valence-electron chi connectivity index (χ0n) is 36.3. The van der Waals surface area contributed by atoms with Crippen LogP contribution in [0.2, 0.25) is 33.2 Å². The summed E-state index contributed by atoms with van der Waals surface area (Å²) < 4.78 is 18.4. The van der Waals surface area contributed by atoms with E-state index >= 15 is 0 Å². The van der Waals surface area contributed by atoms with Crippen LogP contribution in [0.1, 0.15) is 193 Å². The Hall–Kier alpha value is -0.225. The van der Waals surface area contributed by atoms with Crippen LogP contribution >= 0.6 is 0 Å². The predicted molar refractivity (Wildman–Crippen MR) is 261 cm³/mol. The summed E-state index contributed by atoms with van der Waals surface area (Å²) in [7, 11) is 0. The van der Waals surface area contributed by atoms with Crippen LogP contribution in [0, 0.1) is 0 Å². The molecule has 2 aromatic rings. The average molecular weight is 910 g/mol. The molecule has 6 saturated carbocycles. The van der Waals surface area contributed by atoms with Gasteiger partial charge in [-0.1, -0.05) is 229 Å². The molecule has 0 bridgehead atoms. The Morgan fingerprint density at radius 1 is 0.259 bits per heavy atom. The molecule has 2 nitrogen and oxygen atoms in total. The van der Waals surface area contributed by atoms with Gasteiger partial charge in [-0.05, 0) is 57.5 Å². The van der Waals surface area contributed by atoms with Gasteiger partial charge in [-0.25, -0.2) is 0 Å². The average Bonchev–Trinajstić information content (AvgIpc) is 3.31. The summed E-state index contributed by atoms with van der Waals surface area (Å²) >= 11 is 0. The van der Waals surface area contributed by atoms with E-state index in [1.165, 1.54) is 44.7 Å². The monoisotopic (exact) mass is 908 g/mol. The summed E-state index contributed by atoms with van der Waals surface area (Å²) in [5, 5.41) is 0. The molecule has 58 heavy (non-hydrogen) atoms. The van der Waals surface area contributed by atoms with Gasteiger partial charge in [-0.2, -0.15) is 0 Å². The molecule has 14 rings (SSSR count). The van der Waals surface area contributed by atoms with Crippen LogP contribution in [0.15, 0.2) is 60.7 Å². The summed E-state index contributed by atoms with van der Waals surface area (Å²) in [5.41, 5.74) is 7.45. The highest BCUT2D eigenvalue weighted by atomic mass is 31.1. The van der Waals surface area contributed by atoms with E-state index < -0.39 is 53.5 Å². The fourth-order valence-electron chi connectivity index (χ4n) is 23.3. The van der Waals surface area contributed by atoms with Crippen molar-refractivity contribution < 1.29 is 8.85 Å². The largest absolute Gasteiger partial charge is 0.554 e. The molecule has 0 unspecified atom stereocenters. The third-order valence-electron chi connectivity index (χ3n) is 22.4. The van der Waals surface area contributed by atoms with E-state index in [0.29, 0.717) is 0 Å². The first-order valence-corrected chi connectivity index (χ1v) is 54.5. The molecular weight excluding hydrogens is 833 g/mol. The number of rotatable bonds is 10. The van der Waals surface area contributed by atoms with E-state index in [1.807, 2.05) is 0 Å². The summed E-state index contributed by atoms with van der Waals surface area (Å²) in [4.78, 5) is 0. The lowest BCUT2D eigenvalue weighted by atomic mass is 10.0. The molecular formula is C48H76O2Si8. The number of benzene rings is 2. The van der Waals surface area contributed by atoms with Crippen molar-refractivity contribution in [1.82, 2.24) is 0 Å². The van der Waals surface area contributed by atoms with Crippen LogP contribution in [-0.2, 0) is 0 Å². The first kappa shape index (κ1) is 38.3. The normalized spacial score (nSPS) is 46.8. The van der Waals surface area contributed by atoms with E-state index in [1.54, 1.807) is 193 Å². The molecule has 0 radical (unpaired) electrons. The molecule has 312 valence electrons. The van der Waals surface area contributed by atoms with Crippen molar-refractivity contribution in [2.45, 2.75) is 226 Å². The van der Waals surface area contributed by atoms with Crippen molar-refractivity contribution in [3.05, 3.63) is 60.7 Å². The molecule has 0 N–H and O–H groups in total. The number of para-hydroxylation sites is 2. The first-order valence-electron chi connectivity index (χ1n) is 26.3. The Labute approximate surface area is 358 Å². The lowest BCUT2D eigenvalue weighted by Gasteiger charge is -3.29. The van der Waals surface area contributed by atoms with Gasteiger partial charge in [-0.3, -0.25) is 0 Å². The molecule has 10 heteroatoms. The maximum atomic E-state index is 9.22. The van der Waals surface area contributed by atoms with Crippen LogP contribution in [0.4, 0.5) is 0 Å². The van der Waals surface area contributed by atoms with E-state index in [9.17, 15) is 8.85 Å². The molecule has 6 heterocycles. The van der Waals surface area contributed by atoms with Crippen molar-refractivity contribution >= 4 is 53.5 Å². The number of hydrogen-bond donors (Lipinski definition) is 0. The quantitative estimate of drug-likeness (QED) is 0.221. The fourth-order valence-corrected chi connectivity index (χ4v) is 1020. The summed E-state index contributed by atoms with van der Waals surface area (Å²) in [5.74, 6) is 2.98. The zero-order chi connectivity index (χ0) is 38.3. The summed E-state index contributed by atoms with van der Waals surface area (Å²) in [6.07, 6.45) is 49.1. The molecule has 6 aliphatic carbocycles. The van der Waals surface area contributed by atoms with Crippen LogP contribution < -0.4 is 8.85 Å². The van der Waals surface area contributed by atoms with Crippen molar-refractivity contribution in [2.75, 3.05) is 0 Å². The lowest BCUT2D eigenvalue weighted by Crippen LogP contribution is -3.69. The highest BCUT2D eigenvalue weighted by Crippen LogP contribution is 3.09. The molecule has 0 atom stereocenters. The number of hydrogen-bond acceptors (Lipinski definition) is 2. The Balaban J connectivity index is 1.19. The van der Waals surface area contributed by atoms with E-state index in [2.05, 4.69) is 60.7 Å². The maximum Gasteiger partial charge on any atom is 0.193 e. The second-order valence-corrected chi connectivity index (χ2v) is 132. The van der Waals surface area contributed by atoms with E-state index in [4.69, 9.17) is 0 Å². The minimum atomic E-state index is -1.94. The van der Waals surface area contributed by atoms with Crippen molar-refractivity contribution in [2.24, 2.45) is 0 Å². The van der Waals surface area contributed by atoms with Crippen molar-refractivity contribution in [1.29, 1.82) is 0 Å². The molecule has 6 saturated heterocycles. The molecule has 0 aromatic heterocycles. The standard InChI is InChI=1S/C48H76O2Si8/c1-9-25-41(26-10-1)49-57-51(43-29-13-3-14-30-43)54(46-35-19-6-20-36-46)52(57,44-31-15-4-16-32-44)56(48-39-23-8-24-40-48)53(57,45-33-17-5-18-34-45)55(51,47-37-21-7-22-38-47)58(54,56)50-42-27-11-2-12-28-42/h1-2,9-12,25-28,43-48H,3-8,13-24,29-40H2. The van der Waals surface area contributed by atoms with Crippen LogP contribution in [0.25, 0.3) is 0 Å². The molecule has 6 aliphatic heterocycles. The van der Waals surface area contributed by atoms with Gasteiger partial charge in [0.15, 0.2) is 13.7 Å². The fraction of sp³-hybridized carbons (Fsp3) is 0.750. The Morgan fingerprint density at radius 3 is 0.638 bits per heavy atom. The van der Waals surface area contributed by atoms with Crippen LogP contribution in [0.3, 0.4) is 0 Å². The SMILES string of the molecule is c1ccc(O[Si]23[Si]4(C5CCCCC5)[Si]5(C6CCCCC6)[Si]6(Oc7ccccc7)[Si]4(C4CCCCC4)[Si]2(C2CCCCC2)[Si]6(C2CCCCC2)[Si]35C2CCCCC2)cc1. The minimum Gasteiger partial charge on any atom is -0.554 e. The minimum absolute atomic E-state index is 1.24. The smallest absolute Gasteiger partial charge is 0.193 e. The third kappa shape index (κ3) is 3.53. The van der Waals surface area contributed by atoms with Gasteiger partial charge in [0.25, 0.3) is 0 Å². The Bertz CT molecular complexity index is 1560. The van der Waals surface area contributed by atoms with Gasteiger partial charge < -0.3 is 8.85 Å². The first-order chi connectivity index (χ1) is 28.8. The molecule has 2 aromatic carbocycles. The van der Waals surface area contributed by atoms with E-state index in [-0.39, 0.29) is 0 Å². The van der Waals surface area contributed by atoms with Gasteiger partial charge in [0.2, 0.25) is 0 Å². The van der Waals surface area contributed by atoms with Gasteiger partial charge in [0.05, 0.1) is 39.8 Å². The molecule has 0 spiro atoms. The molecule has 12 fully saturated rings. The Morgan fingerprint density at radius 2 is 0.448 bits per heavy atom. The molecule has 0 amide bonds. The van der Waals surface area contributed by atoms with Crippen LogP contribution in [0.5, 0.6) is 11.5 Å².